The van der Waals surface area contributed by atoms with Crippen molar-refractivity contribution in [1.29, 1.82) is 0 Å². The molecule has 2 atom stereocenters. The van der Waals surface area contributed by atoms with E-state index in [9.17, 15) is 13.6 Å². The molecule has 1 aromatic rings. The molecule has 3 rings (SSSR count). The summed E-state index contributed by atoms with van der Waals surface area (Å²) in [5, 5.41) is 0. The Morgan fingerprint density at radius 1 is 1.52 bits per heavy atom. The lowest BCUT2D eigenvalue weighted by Gasteiger charge is -2.20. The maximum absolute atomic E-state index is 12.6. The summed E-state index contributed by atoms with van der Waals surface area (Å²) in [4.78, 5) is 14.6. The van der Waals surface area contributed by atoms with E-state index in [0.717, 1.165) is 5.56 Å². The van der Waals surface area contributed by atoms with Crippen molar-refractivity contribution in [3.63, 3.8) is 0 Å². The second-order valence-electron chi connectivity index (χ2n) is 5.39. The lowest BCUT2D eigenvalue weighted by atomic mass is 10.2. The monoisotopic (exact) mass is 369 g/mol. The molecule has 23 heavy (non-hydrogen) atoms. The third-order valence-corrected chi connectivity index (χ3v) is 6.87. The molecule has 0 N–H and O–H groups in total. The molecule has 0 aromatic heterocycles. The first kappa shape index (κ1) is 16.6. The zero-order valence-corrected chi connectivity index (χ0v) is 14.8. The Bertz CT molecular complexity index is 746. The molecule has 2 heterocycles. The summed E-state index contributed by atoms with van der Waals surface area (Å²) in [5.41, 5.74) is 0.837. The van der Waals surface area contributed by atoms with Gasteiger partial charge in [0.25, 0.3) is 5.91 Å². The van der Waals surface area contributed by atoms with Crippen molar-refractivity contribution in [2.75, 3.05) is 18.6 Å². The van der Waals surface area contributed by atoms with E-state index in [4.69, 9.17) is 17.0 Å². The number of ether oxygens (including phenoxy) is 1. The molecular formula is C15H15NO4S3. The Morgan fingerprint density at radius 2 is 2.30 bits per heavy atom. The van der Waals surface area contributed by atoms with E-state index in [1.807, 2.05) is 24.3 Å². The Balaban J connectivity index is 1.83. The average Bonchev–Trinajstić information content (AvgIpc) is 2.99. The van der Waals surface area contributed by atoms with Crippen LogP contribution in [-0.2, 0) is 19.2 Å². The van der Waals surface area contributed by atoms with Crippen LogP contribution in [-0.4, -0.2) is 44.3 Å². The first-order valence-electron chi connectivity index (χ1n) is 7.01. The standard InChI is InChI=1S/C15H15NO4S3/c1-20-12-4-2-3-10(7-12)8-13-14(17)16(15(21)22-13)11-5-6-23(18,19)9-11/h2-4,7-8,11H,5-6,9H2,1H3/b13-8+. The van der Waals surface area contributed by atoms with E-state index < -0.39 is 10.2 Å². The Labute approximate surface area is 145 Å². The van der Waals surface area contributed by atoms with Crippen molar-refractivity contribution in [3.8, 4) is 5.75 Å². The third kappa shape index (κ3) is 3.50. The number of amides is 1. The molecule has 0 bridgehead atoms. The molecule has 0 aliphatic carbocycles. The molecule has 2 unspecified atom stereocenters. The molecule has 2 aliphatic rings. The van der Waals surface area contributed by atoms with Crippen LogP contribution in [0.5, 0.6) is 5.75 Å². The van der Waals surface area contributed by atoms with Crippen LogP contribution in [0.4, 0.5) is 0 Å². The molecule has 2 saturated heterocycles. The van der Waals surface area contributed by atoms with Gasteiger partial charge in [-0.05, 0) is 23.8 Å². The van der Waals surface area contributed by atoms with E-state index >= 15 is 0 Å². The summed E-state index contributed by atoms with van der Waals surface area (Å²) in [6.07, 6.45) is 2.20. The number of methoxy groups -OCH3 is 1. The summed E-state index contributed by atoms with van der Waals surface area (Å²) in [6, 6.07) is 7.02. The van der Waals surface area contributed by atoms with E-state index in [2.05, 4.69) is 0 Å². The van der Waals surface area contributed by atoms with Crippen LogP contribution in [0.2, 0.25) is 0 Å². The van der Waals surface area contributed by atoms with Gasteiger partial charge in [-0.25, -0.2) is 0 Å². The van der Waals surface area contributed by atoms with Gasteiger partial charge in [0.2, 0.25) is 0 Å². The van der Waals surface area contributed by atoms with Gasteiger partial charge < -0.3 is 9.29 Å². The fourth-order valence-electron chi connectivity index (χ4n) is 2.66. The smallest absolute Gasteiger partial charge is 0.266 e. The number of thioether (sulfide) groups is 1. The van der Waals surface area contributed by atoms with Gasteiger partial charge in [0, 0.05) is 16.6 Å². The average molecular weight is 369 g/mol. The fraction of sp³-hybridized carbons (Fsp3) is 0.333. The summed E-state index contributed by atoms with van der Waals surface area (Å²) in [5.74, 6) is 0.594. The first-order chi connectivity index (χ1) is 10.9. The number of thiocarbonyl (C=S) groups is 1. The van der Waals surface area contributed by atoms with Crippen LogP contribution >= 0.6 is 24.0 Å². The zero-order valence-electron chi connectivity index (χ0n) is 12.4. The highest BCUT2D eigenvalue weighted by molar-refractivity contribution is 8.26. The Hall–Kier alpha value is -1.22. The molecule has 8 heteroatoms. The number of sulfone groups is 1. The van der Waals surface area contributed by atoms with Gasteiger partial charge in [0.05, 0.1) is 18.1 Å². The zero-order chi connectivity index (χ0) is 16.6. The molecule has 0 radical (unpaired) electrons. The quantitative estimate of drug-likeness (QED) is 0.463. The minimum atomic E-state index is -3.06. The predicted molar refractivity (Wildman–Crippen MR) is 95.0 cm³/mol. The molecule has 1 amide bonds. The summed E-state index contributed by atoms with van der Waals surface area (Å²) in [7, 11) is -1.48. The molecule has 2 fully saturated rings. The van der Waals surface area contributed by atoms with Crippen molar-refractivity contribution in [2.45, 2.75) is 12.5 Å². The number of hydrogen-bond donors (Lipinski definition) is 0. The minimum Gasteiger partial charge on any atom is -0.615 e. The summed E-state index contributed by atoms with van der Waals surface area (Å²) < 4.78 is 28.9. The van der Waals surface area contributed by atoms with Crippen molar-refractivity contribution < 1.29 is 18.3 Å². The topological polar surface area (TPSA) is 69.7 Å². The molecule has 5 nitrogen and oxygen atoms in total. The van der Waals surface area contributed by atoms with Gasteiger partial charge >= 0.3 is 0 Å². The highest BCUT2D eigenvalue weighted by Gasteiger charge is 2.44. The number of rotatable bonds is 3. The van der Waals surface area contributed by atoms with Crippen LogP contribution in [0, 0.1) is 0 Å². The van der Waals surface area contributed by atoms with Crippen molar-refractivity contribution in [2.24, 2.45) is 0 Å². The van der Waals surface area contributed by atoms with E-state index in [1.54, 1.807) is 13.2 Å². The van der Waals surface area contributed by atoms with Crippen molar-refractivity contribution in [3.05, 3.63) is 34.7 Å². The van der Waals surface area contributed by atoms with Crippen molar-refractivity contribution in [1.82, 2.24) is 4.90 Å². The SMILES string of the molecule is COc1cccc(/C=C2/SC(=S)N(C3CC[S+](=O)([O-])C3)C2=O)c1. The Kier molecular flexibility index (Phi) is 4.59. The normalized spacial score (nSPS) is 29.6. The number of hydrogen-bond acceptors (Lipinski definition) is 6. The molecule has 0 saturated carbocycles. The first-order valence-corrected chi connectivity index (χ1v) is 10.1. The minimum absolute atomic E-state index is 0.00806. The maximum atomic E-state index is 12.6. The van der Waals surface area contributed by atoms with Crippen molar-refractivity contribution >= 4 is 50.5 Å². The second-order valence-corrected chi connectivity index (χ2v) is 9.29. The summed E-state index contributed by atoms with van der Waals surface area (Å²) in [6.45, 7) is 0. The third-order valence-electron chi connectivity index (χ3n) is 3.79. The number of carbonyl (C=O) groups excluding carboxylic acids is 1. The molecule has 122 valence electrons. The van der Waals surface area contributed by atoms with Gasteiger partial charge in [-0.1, -0.05) is 36.1 Å². The molecular weight excluding hydrogens is 354 g/mol. The van der Waals surface area contributed by atoms with Crippen LogP contribution in [0.3, 0.4) is 0 Å². The number of benzene rings is 1. The fourth-order valence-corrected chi connectivity index (χ4v) is 5.76. The van der Waals surface area contributed by atoms with Gasteiger partial charge in [0.1, 0.15) is 21.6 Å². The number of carbonyl (C=O) groups is 1. The second kappa shape index (κ2) is 6.35. The van der Waals surface area contributed by atoms with Crippen LogP contribution in [0.1, 0.15) is 12.0 Å². The van der Waals surface area contributed by atoms with Gasteiger partial charge in [-0.3, -0.25) is 9.69 Å². The van der Waals surface area contributed by atoms with Gasteiger partial charge in [-0.15, -0.1) is 4.21 Å². The van der Waals surface area contributed by atoms with E-state index in [-0.39, 0.29) is 23.5 Å². The predicted octanol–water partition coefficient (Wildman–Crippen LogP) is 2.30. The van der Waals surface area contributed by atoms with Crippen LogP contribution in [0.25, 0.3) is 6.08 Å². The van der Waals surface area contributed by atoms with Crippen LogP contribution < -0.4 is 4.74 Å². The Morgan fingerprint density at radius 3 is 2.96 bits per heavy atom. The lowest BCUT2D eigenvalue weighted by molar-refractivity contribution is -0.123. The summed E-state index contributed by atoms with van der Waals surface area (Å²) >= 11 is 6.49. The lowest BCUT2D eigenvalue weighted by Crippen LogP contribution is -2.39. The van der Waals surface area contributed by atoms with Gasteiger partial charge in [-0.2, -0.15) is 0 Å². The molecule has 1 aromatic carbocycles. The number of nitrogens with zero attached hydrogens (tertiary/aromatic N) is 1. The largest absolute Gasteiger partial charge is 0.615 e. The van der Waals surface area contributed by atoms with Crippen LogP contribution in [0.15, 0.2) is 29.2 Å². The van der Waals surface area contributed by atoms with E-state index in [1.165, 1.54) is 16.7 Å². The highest BCUT2D eigenvalue weighted by atomic mass is 32.3. The molecule has 2 aliphatic heterocycles. The van der Waals surface area contributed by atoms with E-state index in [0.29, 0.717) is 21.4 Å². The molecule has 0 spiro atoms. The highest BCUT2D eigenvalue weighted by Crippen LogP contribution is 2.37. The maximum Gasteiger partial charge on any atom is 0.266 e. The van der Waals surface area contributed by atoms with Gasteiger partial charge in [0.15, 0.2) is 0 Å².